The first-order valence-electron chi connectivity index (χ1n) is 0.154. The Morgan fingerprint density at radius 3 is 1.50 bits per heavy atom. The summed E-state index contributed by atoms with van der Waals surface area (Å²) in [6, 6.07) is 0. The molecular formula is HLiMnNaO. The van der Waals surface area contributed by atoms with Gasteiger partial charge in [-0.25, -0.2) is 0 Å². The van der Waals surface area contributed by atoms with Crippen LogP contribution in [0.5, 0.6) is 0 Å². The number of rotatable bonds is 0. The van der Waals surface area contributed by atoms with Crippen LogP contribution < -0.4 is 29.6 Å². The van der Waals surface area contributed by atoms with E-state index in [1.807, 2.05) is 0 Å². The molecule has 0 amide bonds. The fourth-order valence-electron chi connectivity index (χ4n) is 0. The minimum atomic E-state index is 0. The molecule has 0 saturated heterocycles. The van der Waals surface area contributed by atoms with Gasteiger partial charge in [0.2, 0.25) is 0 Å². The SMILES string of the molecule is [H-].[Li].[Na+].[O]=[Mn]. The van der Waals surface area contributed by atoms with Gasteiger partial charge >= 0.3 is 49.3 Å². The van der Waals surface area contributed by atoms with E-state index < -0.39 is 0 Å². The number of hydrogen-bond acceptors (Lipinski definition) is 1. The van der Waals surface area contributed by atoms with Gasteiger partial charge in [-0.15, -0.1) is 0 Å². The van der Waals surface area contributed by atoms with Crippen LogP contribution in [0.4, 0.5) is 0 Å². The molecule has 0 saturated carbocycles. The van der Waals surface area contributed by atoms with Gasteiger partial charge in [-0.05, 0) is 0 Å². The molecule has 0 N–H and O–H groups in total. The van der Waals surface area contributed by atoms with Gasteiger partial charge in [0.15, 0.2) is 0 Å². The first-order valence-corrected chi connectivity index (χ1v) is 0.636. The molecule has 1 radical (unpaired) electrons. The molecule has 0 aromatic rings. The van der Waals surface area contributed by atoms with Gasteiger partial charge in [0.1, 0.15) is 0 Å². The van der Waals surface area contributed by atoms with Crippen molar-refractivity contribution in [3.63, 3.8) is 0 Å². The van der Waals surface area contributed by atoms with Crippen LogP contribution in [0.15, 0.2) is 0 Å². The Hall–Kier alpha value is 1.92. The monoisotopic (exact) mass is 102 g/mol. The molecule has 0 spiro atoms. The first-order chi connectivity index (χ1) is 1.00. The predicted molar refractivity (Wildman–Crippen MR) is 7.55 cm³/mol. The molecule has 0 unspecified atom stereocenters. The maximum absolute atomic E-state index is 8.06. The first kappa shape index (κ1) is 16.8. The summed E-state index contributed by atoms with van der Waals surface area (Å²) in [6.45, 7) is 0. The van der Waals surface area contributed by atoms with Crippen LogP contribution in [0, 0.1) is 0 Å². The second-order valence-electron chi connectivity index (χ2n) is 0. The zero-order chi connectivity index (χ0) is 2.00. The Morgan fingerprint density at radius 2 is 1.50 bits per heavy atom. The van der Waals surface area contributed by atoms with E-state index in [0.29, 0.717) is 0 Å². The molecule has 1 nitrogen and oxygen atoms in total. The van der Waals surface area contributed by atoms with Crippen LogP contribution in [0.25, 0.3) is 0 Å². The zero-order valence-corrected chi connectivity index (χ0v) is 5.97. The molecule has 0 bridgehead atoms. The Kier molecular flexibility index (Phi) is 86.3. The van der Waals surface area contributed by atoms with Crippen molar-refractivity contribution in [3.8, 4) is 0 Å². The van der Waals surface area contributed by atoms with E-state index in [4.69, 9.17) is 3.83 Å². The Bertz CT molecular complexity index is 11.6. The van der Waals surface area contributed by atoms with Crippen molar-refractivity contribution in [2.24, 2.45) is 0 Å². The van der Waals surface area contributed by atoms with Crippen molar-refractivity contribution in [1.82, 2.24) is 0 Å². The van der Waals surface area contributed by atoms with Crippen molar-refractivity contribution in [3.05, 3.63) is 0 Å². The van der Waals surface area contributed by atoms with Crippen molar-refractivity contribution in [2.45, 2.75) is 0 Å². The second-order valence-corrected chi connectivity index (χ2v) is 0. The Balaban J connectivity index is -0.00000000167. The van der Waals surface area contributed by atoms with Gasteiger partial charge in [-0.1, -0.05) is 0 Å². The molecule has 16 valence electrons. The van der Waals surface area contributed by atoms with Crippen LogP contribution in [-0.2, 0) is 19.8 Å². The summed E-state index contributed by atoms with van der Waals surface area (Å²) in [6.07, 6.45) is 0. The molecule has 0 aliphatic rings. The third-order valence-corrected chi connectivity index (χ3v) is 0. The molecular weight excluding hydrogens is 101 g/mol. The fourth-order valence-corrected chi connectivity index (χ4v) is 0. The summed E-state index contributed by atoms with van der Waals surface area (Å²) in [7, 11) is 0. The molecule has 0 aliphatic carbocycles. The van der Waals surface area contributed by atoms with Gasteiger partial charge in [0.25, 0.3) is 0 Å². The standard InChI is InChI=1S/Li.Mn.Na.O.H/q;;+1;;-1. The topological polar surface area (TPSA) is 17.1 Å². The van der Waals surface area contributed by atoms with Gasteiger partial charge in [-0.2, -0.15) is 0 Å². The summed E-state index contributed by atoms with van der Waals surface area (Å²) < 4.78 is 8.06. The van der Waals surface area contributed by atoms with Crippen LogP contribution >= 0.6 is 0 Å². The van der Waals surface area contributed by atoms with Crippen molar-refractivity contribution in [2.75, 3.05) is 0 Å². The molecule has 0 aromatic heterocycles. The molecule has 4 heteroatoms. The average Bonchev–Trinajstić information content (AvgIpc) is 1.00. The zero-order valence-electron chi connectivity index (χ0n) is 3.79. The summed E-state index contributed by atoms with van der Waals surface area (Å²) >= 11 is 1.69. The molecule has 0 rings (SSSR count). The van der Waals surface area contributed by atoms with E-state index >= 15 is 0 Å². The Labute approximate surface area is 68.9 Å². The average molecular weight is 102 g/mol. The van der Waals surface area contributed by atoms with Gasteiger partial charge in [0.05, 0.1) is 0 Å². The van der Waals surface area contributed by atoms with E-state index in [1.165, 1.54) is 0 Å². The molecule has 0 aromatic carbocycles. The summed E-state index contributed by atoms with van der Waals surface area (Å²) in [5.74, 6) is 0. The van der Waals surface area contributed by atoms with Crippen LogP contribution in [0.2, 0.25) is 0 Å². The van der Waals surface area contributed by atoms with E-state index in [9.17, 15) is 0 Å². The van der Waals surface area contributed by atoms with Crippen molar-refractivity contribution < 1.29 is 50.8 Å². The van der Waals surface area contributed by atoms with E-state index in [0.717, 1.165) is 0 Å². The van der Waals surface area contributed by atoms with Gasteiger partial charge in [-0.3, -0.25) is 0 Å². The number of hydrogen-bond donors (Lipinski definition) is 0. The van der Waals surface area contributed by atoms with Crippen molar-refractivity contribution in [1.29, 1.82) is 0 Å². The molecule has 4 heavy (non-hydrogen) atoms. The maximum atomic E-state index is 8.06. The minimum absolute atomic E-state index is 0. The normalized spacial score (nSPS) is 1.00. The van der Waals surface area contributed by atoms with E-state index in [1.54, 1.807) is 15.9 Å². The molecule has 0 aliphatic heterocycles. The Morgan fingerprint density at radius 1 is 1.50 bits per heavy atom. The fraction of sp³-hybridized carbons (Fsp3) is 0. The van der Waals surface area contributed by atoms with Crippen LogP contribution in [-0.4, -0.2) is 18.9 Å². The van der Waals surface area contributed by atoms with Crippen molar-refractivity contribution >= 4 is 18.9 Å². The summed E-state index contributed by atoms with van der Waals surface area (Å²) in [5.41, 5.74) is 0. The third kappa shape index (κ3) is 9.07. The van der Waals surface area contributed by atoms with Crippen LogP contribution in [0.1, 0.15) is 1.43 Å². The third-order valence-electron chi connectivity index (χ3n) is 0. The summed E-state index contributed by atoms with van der Waals surface area (Å²) in [5, 5.41) is 0. The quantitative estimate of drug-likeness (QED) is 0.291. The molecule has 0 heterocycles. The van der Waals surface area contributed by atoms with E-state index in [2.05, 4.69) is 0 Å². The summed E-state index contributed by atoms with van der Waals surface area (Å²) in [4.78, 5) is 0. The van der Waals surface area contributed by atoms with Crippen LogP contribution in [0.3, 0.4) is 0 Å². The molecule has 0 fully saturated rings. The van der Waals surface area contributed by atoms with Gasteiger partial charge in [0, 0.05) is 18.9 Å². The predicted octanol–water partition coefficient (Wildman–Crippen LogP) is -3.39. The van der Waals surface area contributed by atoms with Gasteiger partial charge < -0.3 is 1.43 Å². The van der Waals surface area contributed by atoms with E-state index in [-0.39, 0.29) is 49.8 Å². The molecule has 0 atom stereocenters. The second kappa shape index (κ2) is 20.5.